The predicted octanol–water partition coefficient (Wildman–Crippen LogP) is 4.79. The summed E-state index contributed by atoms with van der Waals surface area (Å²) >= 11 is 6.37. The molecular weight excluding hydrogens is 388 g/mol. The van der Waals surface area contributed by atoms with E-state index in [1.807, 2.05) is 39.0 Å². The van der Waals surface area contributed by atoms with E-state index in [9.17, 15) is 9.59 Å². The van der Waals surface area contributed by atoms with Gasteiger partial charge in [-0.3, -0.25) is 9.36 Å². The molecule has 3 rings (SSSR count). The largest absolute Gasteiger partial charge is 0.463 e. The lowest BCUT2D eigenvalue weighted by molar-refractivity contribution is -0.137. The normalized spacial score (nSPS) is 11.3. The third kappa shape index (κ3) is 4.10. The summed E-state index contributed by atoms with van der Waals surface area (Å²) in [4.78, 5) is 29.8. The van der Waals surface area contributed by atoms with Crippen LogP contribution < -0.4 is 5.56 Å². The molecule has 0 fully saturated rings. The molecule has 0 bridgehead atoms. The first-order valence-corrected chi connectivity index (χ1v) is 9.91. The predicted molar refractivity (Wildman–Crippen MR) is 117 cm³/mol. The van der Waals surface area contributed by atoms with Crippen molar-refractivity contribution in [2.75, 3.05) is 6.61 Å². The van der Waals surface area contributed by atoms with Crippen LogP contribution in [0, 0.1) is 13.8 Å². The zero-order valence-electron chi connectivity index (χ0n) is 17.0. The molecule has 0 spiro atoms. The number of carbonyl (C=O) groups excluding carboxylic acids is 1. The Kier molecular flexibility index (Phi) is 6.18. The van der Waals surface area contributed by atoms with Gasteiger partial charge in [0.2, 0.25) is 0 Å². The minimum absolute atomic E-state index is 0.160. The SMILES string of the molecule is CCOC(=O)C=Cc1cc2c(=O)n(-c3c(C)cccc3C)c(CC)nc2cc1Cl. The summed E-state index contributed by atoms with van der Waals surface area (Å²) in [6, 6.07) is 9.27. The number of carbonyl (C=O) groups is 1. The maximum atomic E-state index is 13.5. The van der Waals surface area contributed by atoms with Crippen molar-refractivity contribution >= 4 is 34.5 Å². The average Bonchev–Trinajstić information content (AvgIpc) is 2.68. The molecule has 0 unspecified atom stereocenters. The summed E-state index contributed by atoms with van der Waals surface area (Å²) < 4.78 is 6.58. The summed E-state index contributed by atoms with van der Waals surface area (Å²) in [5, 5.41) is 0.856. The number of esters is 1. The lowest BCUT2D eigenvalue weighted by Crippen LogP contribution is -2.25. The van der Waals surface area contributed by atoms with Gasteiger partial charge in [0.25, 0.3) is 5.56 Å². The van der Waals surface area contributed by atoms with Crippen molar-refractivity contribution in [1.29, 1.82) is 0 Å². The molecule has 0 aliphatic heterocycles. The molecule has 0 radical (unpaired) electrons. The molecule has 0 N–H and O–H groups in total. The maximum absolute atomic E-state index is 13.5. The fraction of sp³-hybridized carbons (Fsp3) is 0.261. The van der Waals surface area contributed by atoms with Crippen molar-refractivity contribution in [2.45, 2.75) is 34.1 Å². The second kappa shape index (κ2) is 8.62. The topological polar surface area (TPSA) is 61.2 Å². The van der Waals surface area contributed by atoms with Crippen molar-refractivity contribution in [3.05, 3.63) is 74.3 Å². The van der Waals surface area contributed by atoms with Gasteiger partial charge in [-0.15, -0.1) is 0 Å². The number of fused-ring (bicyclic) bond motifs is 1. The van der Waals surface area contributed by atoms with Gasteiger partial charge in [-0.25, -0.2) is 9.78 Å². The highest BCUT2D eigenvalue weighted by molar-refractivity contribution is 6.32. The molecule has 1 aromatic heterocycles. The zero-order valence-corrected chi connectivity index (χ0v) is 17.7. The van der Waals surface area contributed by atoms with Gasteiger partial charge >= 0.3 is 5.97 Å². The van der Waals surface area contributed by atoms with Crippen LogP contribution in [-0.2, 0) is 16.0 Å². The highest BCUT2D eigenvalue weighted by atomic mass is 35.5. The number of aryl methyl sites for hydroxylation is 3. The number of rotatable bonds is 5. The Morgan fingerprint density at radius 3 is 2.52 bits per heavy atom. The molecule has 3 aromatic rings. The summed E-state index contributed by atoms with van der Waals surface area (Å²) in [6.07, 6.45) is 3.45. The number of benzene rings is 2. The highest BCUT2D eigenvalue weighted by Crippen LogP contribution is 2.25. The number of nitrogens with zero attached hydrogens (tertiary/aromatic N) is 2. The van der Waals surface area contributed by atoms with Gasteiger partial charge in [0.05, 0.1) is 23.2 Å². The van der Waals surface area contributed by atoms with Crippen LogP contribution in [0.5, 0.6) is 0 Å². The summed E-state index contributed by atoms with van der Waals surface area (Å²) in [6.45, 7) is 7.96. The first kappa shape index (κ1) is 20.8. The molecule has 6 heteroatoms. The van der Waals surface area contributed by atoms with E-state index in [1.54, 1.807) is 29.7 Å². The average molecular weight is 411 g/mol. The van der Waals surface area contributed by atoms with Crippen LogP contribution in [0.4, 0.5) is 0 Å². The first-order chi connectivity index (χ1) is 13.9. The summed E-state index contributed by atoms with van der Waals surface area (Å²) in [5.41, 5.74) is 3.78. The molecule has 0 saturated heterocycles. The third-order valence-corrected chi connectivity index (χ3v) is 5.05. The Morgan fingerprint density at radius 2 is 1.90 bits per heavy atom. The van der Waals surface area contributed by atoms with Gasteiger partial charge < -0.3 is 4.74 Å². The summed E-state index contributed by atoms with van der Waals surface area (Å²) in [7, 11) is 0. The van der Waals surface area contributed by atoms with Gasteiger partial charge in [0, 0.05) is 17.5 Å². The molecule has 0 aliphatic carbocycles. The Labute approximate surface area is 174 Å². The molecule has 150 valence electrons. The number of hydrogen-bond donors (Lipinski definition) is 0. The molecule has 0 atom stereocenters. The molecule has 0 amide bonds. The van der Waals surface area contributed by atoms with Crippen LogP contribution in [0.2, 0.25) is 5.02 Å². The van der Waals surface area contributed by atoms with E-state index in [0.29, 0.717) is 40.3 Å². The Bertz CT molecular complexity index is 1160. The van der Waals surface area contributed by atoms with Gasteiger partial charge in [0.1, 0.15) is 5.82 Å². The second-order valence-electron chi connectivity index (χ2n) is 6.74. The zero-order chi connectivity index (χ0) is 21.1. The van der Waals surface area contributed by atoms with E-state index in [4.69, 9.17) is 21.3 Å². The standard InChI is InChI=1S/C23H23ClN2O3/c1-5-20-25-19-13-18(24)16(10-11-21(27)29-6-2)12-17(19)23(28)26(20)22-14(3)8-7-9-15(22)4/h7-13H,5-6H2,1-4H3. The minimum atomic E-state index is -0.462. The molecule has 0 saturated carbocycles. The number of ether oxygens (including phenoxy) is 1. The van der Waals surface area contributed by atoms with E-state index in [1.165, 1.54) is 6.08 Å². The quantitative estimate of drug-likeness (QED) is 0.448. The Hall–Kier alpha value is -2.92. The van der Waals surface area contributed by atoms with Gasteiger partial charge in [-0.1, -0.05) is 36.7 Å². The number of hydrogen-bond acceptors (Lipinski definition) is 4. The molecule has 1 heterocycles. The number of halogens is 1. The van der Waals surface area contributed by atoms with Crippen molar-refractivity contribution in [2.24, 2.45) is 0 Å². The van der Waals surface area contributed by atoms with Gasteiger partial charge in [-0.2, -0.15) is 0 Å². The highest BCUT2D eigenvalue weighted by Gasteiger charge is 2.16. The lowest BCUT2D eigenvalue weighted by atomic mass is 10.1. The van der Waals surface area contributed by atoms with Crippen LogP contribution in [0.15, 0.2) is 41.2 Å². The Morgan fingerprint density at radius 1 is 1.21 bits per heavy atom. The van der Waals surface area contributed by atoms with Crippen molar-refractivity contribution in [1.82, 2.24) is 9.55 Å². The minimum Gasteiger partial charge on any atom is -0.463 e. The van der Waals surface area contributed by atoms with E-state index in [-0.39, 0.29) is 5.56 Å². The second-order valence-corrected chi connectivity index (χ2v) is 7.15. The molecule has 0 aliphatic rings. The molecular formula is C23H23ClN2O3. The lowest BCUT2D eigenvalue weighted by Gasteiger charge is -2.17. The van der Waals surface area contributed by atoms with E-state index < -0.39 is 5.97 Å². The Balaban J connectivity index is 2.27. The molecule has 5 nitrogen and oxygen atoms in total. The van der Waals surface area contributed by atoms with Gasteiger partial charge in [-0.05, 0) is 55.7 Å². The van der Waals surface area contributed by atoms with Gasteiger partial charge in [0.15, 0.2) is 0 Å². The molecule has 29 heavy (non-hydrogen) atoms. The van der Waals surface area contributed by atoms with Crippen molar-refractivity contribution in [3.63, 3.8) is 0 Å². The van der Waals surface area contributed by atoms with E-state index in [0.717, 1.165) is 16.8 Å². The van der Waals surface area contributed by atoms with Crippen LogP contribution in [0.25, 0.3) is 22.7 Å². The van der Waals surface area contributed by atoms with Crippen molar-refractivity contribution < 1.29 is 9.53 Å². The van der Waals surface area contributed by atoms with E-state index in [2.05, 4.69) is 0 Å². The van der Waals surface area contributed by atoms with Crippen LogP contribution in [-0.4, -0.2) is 22.1 Å². The van der Waals surface area contributed by atoms with Crippen LogP contribution in [0.3, 0.4) is 0 Å². The van der Waals surface area contributed by atoms with E-state index >= 15 is 0 Å². The maximum Gasteiger partial charge on any atom is 0.330 e. The smallest absolute Gasteiger partial charge is 0.330 e. The number of aromatic nitrogens is 2. The summed E-state index contributed by atoms with van der Waals surface area (Å²) in [5.74, 6) is 0.210. The fourth-order valence-electron chi connectivity index (χ4n) is 3.37. The molecule has 2 aromatic carbocycles. The fourth-order valence-corrected chi connectivity index (χ4v) is 3.59. The van der Waals surface area contributed by atoms with Crippen molar-refractivity contribution in [3.8, 4) is 5.69 Å². The van der Waals surface area contributed by atoms with Crippen LogP contribution in [0.1, 0.15) is 36.4 Å². The first-order valence-electron chi connectivity index (χ1n) is 9.54. The number of para-hydroxylation sites is 1. The monoisotopic (exact) mass is 410 g/mol. The third-order valence-electron chi connectivity index (χ3n) is 4.72. The van der Waals surface area contributed by atoms with Crippen LogP contribution >= 0.6 is 11.6 Å².